The number of nitrogen functional groups attached to an aromatic ring is 1. The first-order valence-corrected chi connectivity index (χ1v) is 5.87. The zero-order valence-corrected chi connectivity index (χ0v) is 10.3. The number of hydrogen-bond acceptors (Lipinski definition) is 6. The summed E-state index contributed by atoms with van der Waals surface area (Å²) in [6, 6.07) is -0.369. The zero-order chi connectivity index (χ0) is 13.0. The SMILES string of the molecule is CC(Nc1ncc(N)cn1)C(=O)N1CCOCC1. The largest absolute Gasteiger partial charge is 0.396 e. The fourth-order valence-electron chi connectivity index (χ4n) is 1.73. The molecule has 98 valence electrons. The lowest BCUT2D eigenvalue weighted by molar-refractivity contribution is -0.135. The number of ether oxygens (including phenoxy) is 1. The van der Waals surface area contributed by atoms with Gasteiger partial charge in [0.1, 0.15) is 6.04 Å². The number of aromatic nitrogens is 2. The van der Waals surface area contributed by atoms with Crippen LogP contribution in [0.4, 0.5) is 11.6 Å². The Kier molecular flexibility index (Phi) is 3.93. The summed E-state index contributed by atoms with van der Waals surface area (Å²) in [4.78, 5) is 21.9. The maximum Gasteiger partial charge on any atom is 0.245 e. The molecule has 0 spiro atoms. The number of amides is 1. The number of anilines is 2. The first-order valence-electron chi connectivity index (χ1n) is 5.87. The third-order valence-electron chi connectivity index (χ3n) is 2.71. The summed E-state index contributed by atoms with van der Waals surface area (Å²) >= 11 is 0. The highest BCUT2D eigenvalue weighted by molar-refractivity contribution is 5.83. The molecule has 1 amide bonds. The summed E-state index contributed by atoms with van der Waals surface area (Å²) < 4.78 is 5.21. The molecule has 7 nitrogen and oxygen atoms in total. The van der Waals surface area contributed by atoms with Crippen LogP contribution in [-0.4, -0.2) is 53.1 Å². The van der Waals surface area contributed by atoms with Crippen LogP contribution < -0.4 is 11.1 Å². The quantitative estimate of drug-likeness (QED) is 0.767. The summed E-state index contributed by atoms with van der Waals surface area (Å²) in [7, 11) is 0. The van der Waals surface area contributed by atoms with Gasteiger partial charge in [-0.1, -0.05) is 0 Å². The van der Waals surface area contributed by atoms with Crippen LogP contribution in [0, 0.1) is 0 Å². The second-order valence-corrected chi connectivity index (χ2v) is 4.14. The number of nitrogens with one attached hydrogen (secondary N) is 1. The summed E-state index contributed by atoms with van der Waals surface area (Å²) in [5.74, 6) is 0.428. The molecule has 1 atom stereocenters. The number of nitrogens with two attached hydrogens (primary N) is 1. The fourth-order valence-corrected chi connectivity index (χ4v) is 1.73. The van der Waals surface area contributed by atoms with Gasteiger partial charge in [0, 0.05) is 13.1 Å². The second kappa shape index (κ2) is 5.63. The molecule has 1 unspecified atom stereocenters. The Morgan fingerprint density at radius 2 is 2.06 bits per heavy atom. The Bertz CT molecular complexity index is 402. The third kappa shape index (κ3) is 3.07. The Morgan fingerprint density at radius 1 is 1.44 bits per heavy atom. The molecule has 0 saturated carbocycles. The molecule has 1 fully saturated rings. The van der Waals surface area contributed by atoms with Crippen LogP contribution in [0.5, 0.6) is 0 Å². The average Bonchev–Trinajstić information content (AvgIpc) is 2.41. The van der Waals surface area contributed by atoms with E-state index in [1.165, 1.54) is 12.4 Å². The predicted molar refractivity (Wildman–Crippen MR) is 66.9 cm³/mol. The van der Waals surface area contributed by atoms with Crippen molar-refractivity contribution in [1.82, 2.24) is 14.9 Å². The van der Waals surface area contributed by atoms with E-state index in [1.807, 2.05) is 0 Å². The molecule has 0 bridgehead atoms. The van der Waals surface area contributed by atoms with E-state index in [0.29, 0.717) is 37.9 Å². The number of hydrogen-bond donors (Lipinski definition) is 2. The molecule has 2 rings (SSSR count). The van der Waals surface area contributed by atoms with Crippen molar-refractivity contribution < 1.29 is 9.53 Å². The fraction of sp³-hybridized carbons (Fsp3) is 0.545. The van der Waals surface area contributed by atoms with Gasteiger partial charge in [-0.3, -0.25) is 4.79 Å². The number of carbonyl (C=O) groups excluding carboxylic acids is 1. The van der Waals surface area contributed by atoms with Crippen LogP contribution in [-0.2, 0) is 9.53 Å². The van der Waals surface area contributed by atoms with Gasteiger partial charge in [0.05, 0.1) is 31.3 Å². The van der Waals surface area contributed by atoms with Gasteiger partial charge in [0.25, 0.3) is 0 Å². The molecule has 2 heterocycles. The van der Waals surface area contributed by atoms with E-state index in [1.54, 1.807) is 11.8 Å². The Labute approximate surface area is 105 Å². The zero-order valence-electron chi connectivity index (χ0n) is 10.3. The van der Waals surface area contributed by atoms with E-state index in [4.69, 9.17) is 10.5 Å². The lowest BCUT2D eigenvalue weighted by Gasteiger charge is -2.29. The molecule has 1 aliphatic heterocycles. The lowest BCUT2D eigenvalue weighted by atomic mass is 10.2. The molecule has 0 aliphatic carbocycles. The third-order valence-corrected chi connectivity index (χ3v) is 2.71. The normalized spacial score (nSPS) is 17.3. The Balaban J connectivity index is 1.92. The van der Waals surface area contributed by atoms with Crippen LogP contribution >= 0.6 is 0 Å². The molecular weight excluding hydrogens is 234 g/mol. The van der Waals surface area contributed by atoms with Gasteiger partial charge in [-0.15, -0.1) is 0 Å². The molecule has 1 aromatic heterocycles. The highest BCUT2D eigenvalue weighted by Crippen LogP contribution is 2.06. The molecule has 1 aliphatic rings. The summed E-state index contributed by atoms with van der Waals surface area (Å²) in [5.41, 5.74) is 5.99. The minimum Gasteiger partial charge on any atom is -0.396 e. The number of nitrogens with zero attached hydrogens (tertiary/aromatic N) is 3. The van der Waals surface area contributed by atoms with E-state index in [2.05, 4.69) is 15.3 Å². The number of carbonyl (C=O) groups is 1. The maximum absolute atomic E-state index is 12.1. The molecule has 7 heteroatoms. The minimum absolute atomic E-state index is 0.0266. The highest BCUT2D eigenvalue weighted by atomic mass is 16.5. The van der Waals surface area contributed by atoms with Crippen molar-refractivity contribution in [3.8, 4) is 0 Å². The van der Waals surface area contributed by atoms with Gasteiger partial charge in [0.15, 0.2) is 0 Å². The van der Waals surface area contributed by atoms with Crippen LogP contribution in [0.2, 0.25) is 0 Å². The van der Waals surface area contributed by atoms with Gasteiger partial charge in [0.2, 0.25) is 11.9 Å². The van der Waals surface area contributed by atoms with Crippen LogP contribution in [0.1, 0.15) is 6.92 Å². The first kappa shape index (κ1) is 12.6. The summed E-state index contributed by atoms with van der Waals surface area (Å²) in [5, 5.41) is 2.96. The Hall–Kier alpha value is -1.89. The standard InChI is InChI=1S/C11H17N5O2/c1-8(10(17)16-2-4-18-5-3-16)15-11-13-6-9(12)7-14-11/h6-8H,2-5,12H2,1H3,(H,13,14,15). The molecule has 3 N–H and O–H groups in total. The summed E-state index contributed by atoms with van der Waals surface area (Å²) in [6.45, 7) is 4.24. The van der Waals surface area contributed by atoms with Gasteiger partial charge < -0.3 is 20.7 Å². The average molecular weight is 251 g/mol. The number of rotatable bonds is 3. The molecule has 1 aromatic rings. The number of morpholine rings is 1. The molecule has 0 aromatic carbocycles. The van der Waals surface area contributed by atoms with E-state index >= 15 is 0 Å². The molecule has 1 saturated heterocycles. The minimum atomic E-state index is -0.369. The molecule has 18 heavy (non-hydrogen) atoms. The van der Waals surface area contributed by atoms with E-state index in [0.717, 1.165) is 0 Å². The lowest BCUT2D eigenvalue weighted by Crippen LogP contribution is -2.47. The predicted octanol–water partition coefficient (Wildman–Crippen LogP) is -0.282. The van der Waals surface area contributed by atoms with Crippen molar-refractivity contribution >= 4 is 17.5 Å². The van der Waals surface area contributed by atoms with E-state index in [-0.39, 0.29) is 11.9 Å². The van der Waals surface area contributed by atoms with Gasteiger partial charge in [-0.05, 0) is 6.92 Å². The van der Waals surface area contributed by atoms with Crippen molar-refractivity contribution in [3.05, 3.63) is 12.4 Å². The monoisotopic (exact) mass is 251 g/mol. The second-order valence-electron chi connectivity index (χ2n) is 4.14. The van der Waals surface area contributed by atoms with E-state index in [9.17, 15) is 4.79 Å². The van der Waals surface area contributed by atoms with Crippen LogP contribution in [0.25, 0.3) is 0 Å². The van der Waals surface area contributed by atoms with Crippen molar-refractivity contribution in [2.45, 2.75) is 13.0 Å². The van der Waals surface area contributed by atoms with Crippen LogP contribution in [0.3, 0.4) is 0 Å². The topological polar surface area (TPSA) is 93.4 Å². The highest BCUT2D eigenvalue weighted by Gasteiger charge is 2.22. The van der Waals surface area contributed by atoms with Crippen molar-refractivity contribution in [2.75, 3.05) is 37.4 Å². The van der Waals surface area contributed by atoms with Crippen LogP contribution in [0.15, 0.2) is 12.4 Å². The van der Waals surface area contributed by atoms with Gasteiger partial charge >= 0.3 is 0 Å². The maximum atomic E-state index is 12.1. The summed E-state index contributed by atoms with van der Waals surface area (Å²) in [6.07, 6.45) is 3.00. The van der Waals surface area contributed by atoms with Gasteiger partial charge in [-0.25, -0.2) is 9.97 Å². The van der Waals surface area contributed by atoms with Crippen molar-refractivity contribution in [3.63, 3.8) is 0 Å². The van der Waals surface area contributed by atoms with E-state index < -0.39 is 0 Å². The smallest absolute Gasteiger partial charge is 0.245 e. The molecule has 0 radical (unpaired) electrons. The molecular formula is C11H17N5O2. The Morgan fingerprint density at radius 3 is 2.67 bits per heavy atom. The van der Waals surface area contributed by atoms with Gasteiger partial charge in [-0.2, -0.15) is 0 Å². The van der Waals surface area contributed by atoms with Crippen molar-refractivity contribution in [2.24, 2.45) is 0 Å². The van der Waals surface area contributed by atoms with Crippen molar-refractivity contribution in [1.29, 1.82) is 0 Å². The first-order chi connectivity index (χ1) is 8.66.